The summed E-state index contributed by atoms with van der Waals surface area (Å²) in [4.78, 5) is 21.9. The Morgan fingerprint density at radius 2 is 1.81 bits per heavy atom. The first-order valence-corrected chi connectivity index (χ1v) is 13.7. The Bertz CT molecular complexity index is 1320. The number of halogens is 3. The van der Waals surface area contributed by atoms with E-state index in [2.05, 4.69) is 16.9 Å². The number of hydrogen-bond acceptors (Lipinski definition) is 7. The Morgan fingerprint density at radius 1 is 1.08 bits per heavy atom. The van der Waals surface area contributed by atoms with Crippen molar-refractivity contribution in [2.24, 2.45) is 0 Å². The predicted molar refractivity (Wildman–Crippen MR) is 134 cm³/mol. The summed E-state index contributed by atoms with van der Waals surface area (Å²) >= 11 is 0. The van der Waals surface area contributed by atoms with Crippen LogP contribution in [0.25, 0.3) is 10.9 Å². The Kier molecular flexibility index (Phi) is 9.44. The topological polar surface area (TPSA) is 112 Å². The highest BCUT2D eigenvalue weighted by Gasteiger charge is 2.32. The van der Waals surface area contributed by atoms with E-state index in [1.54, 1.807) is 12.1 Å². The number of carbonyl (C=O) groups excluding carboxylic acids is 1. The van der Waals surface area contributed by atoms with Crippen LogP contribution < -0.4 is 10.4 Å². The van der Waals surface area contributed by atoms with Crippen molar-refractivity contribution in [3.8, 4) is 0 Å². The molecule has 12 heteroatoms. The van der Waals surface area contributed by atoms with E-state index in [0.717, 1.165) is 56.5 Å². The van der Waals surface area contributed by atoms with Gasteiger partial charge in [-0.05, 0) is 30.7 Å². The number of nitrogens with zero attached hydrogens (tertiary/aromatic N) is 3. The summed E-state index contributed by atoms with van der Waals surface area (Å²) in [6.07, 6.45) is 4.58. The lowest BCUT2D eigenvalue weighted by atomic mass is 10.0. The lowest BCUT2D eigenvalue weighted by Gasteiger charge is -2.27. The van der Waals surface area contributed by atoms with E-state index in [-0.39, 0.29) is 27.9 Å². The SMILES string of the molecule is CCCCCCCCS(=O)(=O)CN(c1cccnc1)c1c(C(=O)NO)cnc2cc(C(F)(F)F)ccc12. The summed E-state index contributed by atoms with van der Waals surface area (Å²) in [7, 11) is -3.72. The fraction of sp³-hybridized carbons (Fsp3) is 0.400. The average Bonchev–Trinajstić information content (AvgIpc) is 2.88. The number of unbranched alkanes of at least 4 members (excludes halogenated alkanes) is 5. The lowest BCUT2D eigenvalue weighted by Crippen LogP contribution is -2.30. The average molecular weight is 539 g/mol. The van der Waals surface area contributed by atoms with Crippen LogP contribution in [0.2, 0.25) is 0 Å². The quantitative estimate of drug-likeness (QED) is 0.174. The third kappa shape index (κ3) is 7.39. The van der Waals surface area contributed by atoms with Crippen LogP contribution in [0.1, 0.15) is 61.4 Å². The van der Waals surface area contributed by atoms with Gasteiger partial charge in [0.25, 0.3) is 5.91 Å². The molecule has 0 atom stereocenters. The van der Waals surface area contributed by atoms with Crippen LogP contribution in [0.5, 0.6) is 0 Å². The molecule has 0 radical (unpaired) electrons. The summed E-state index contributed by atoms with van der Waals surface area (Å²) in [5.41, 5.74) is 0.536. The van der Waals surface area contributed by atoms with E-state index >= 15 is 0 Å². The van der Waals surface area contributed by atoms with Gasteiger partial charge in [0.15, 0.2) is 9.84 Å². The van der Waals surface area contributed by atoms with Crippen LogP contribution in [0.4, 0.5) is 24.5 Å². The fourth-order valence-corrected chi connectivity index (χ4v) is 5.46. The molecule has 0 spiro atoms. The zero-order chi connectivity index (χ0) is 27.1. The number of hydroxylamine groups is 1. The molecule has 3 aromatic rings. The summed E-state index contributed by atoms with van der Waals surface area (Å²) in [6, 6.07) is 5.94. The first-order valence-electron chi connectivity index (χ1n) is 11.9. The number of carbonyl (C=O) groups is 1. The van der Waals surface area contributed by atoms with Crippen molar-refractivity contribution in [2.45, 2.75) is 51.6 Å². The third-order valence-corrected chi connectivity index (χ3v) is 7.44. The summed E-state index contributed by atoms with van der Waals surface area (Å²) in [5.74, 6) is -1.65. The molecule has 0 saturated heterocycles. The minimum atomic E-state index is -4.62. The molecule has 200 valence electrons. The van der Waals surface area contributed by atoms with E-state index in [9.17, 15) is 31.6 Å². The monoisotopic (exact) mass is 538 g/mol. The molecule has 0 unspecified atom stereocenters. The number of nitrogens with one attached hydrogen (secondary N) is 1. The largest absolute Gasteiger partial charge is 0.416 e. The second-order valence-electron chi connectivity index (χ2n) is 8.67. The fourth-order valence-electron chi connectivity index (χ4n) is 4.02. The Labute approximate surface area is 213 Å². The van der Waals surface area contributed by atoms with Gasteiger partial charge in [-0.15, -0.1) is 0 Å². The summed E-state index contributed by atoms with van der Waals surface area (Å²) in [6.45, 7) is 2.09. The molecule has 1 aromatic carbocycles. The van der Waals surface area contributed by atoms with E-state index in [4.69, 9.17) is 0 Å². The summed E-state index contributed by atoms with van der Waals surface area (Å²) < 4.78 is 66.3. The maximum absolute atomic E-state index is 13.3. The van der Waals surface area contributed by atoms with E-state index in [1.165, 1.54) is 22.8 Å². The minimum Gasteiger partial charge on any atom is -0.324 e. The van der Waals surface area contributed by atoms with Crippen molar-refractivity contribution in [2.75, 3.05) is 16.5 Å². The van der Waals surface area contributed by atoms with Gasteiger partial charge in [0, 0.05) is 17.8 Å². The molecule has 1 amide bonds. The highest BCUT2D eigenvalue weighted by molar-refractivity contribution is 7.91. The van der Waals surface area contributed by atoms with Gasteiger partial charge in [-0.3, -0.25) is 20.0 Å². The number of hydrogen-bond donors (Lipinski definition) is 2. The Morgan fingerprint density at radius 3 is 2.46 bits per heavy atom. The molecule has 2 aromatic heterocycles. The highest BCUT2D eigenvalue weighted by Crippen LogP contribution is 2.38. The second kappa shape index (κ2) is 12.3. The van der Waals surface area contributed by atoms with Crippen molar-refractivity contribution >= 4 is 38.0 Å². The number of aromatic nitrogens is 2. The van der Waals surface area contributed by atoms with Gasteiger partial charge in [0.1, 0.15) is 5.88 Å². The maximum Gasteiger partial charge on any atom is 0.416 e. The molecular formula is C25H29F3N4O4S. The van der Waals surface area contributed by atoms with Crippen LogP contribution >= 0.6 is 0 Å². The lowest BCUT2D eigenvalue weighted by molar-refractivity contribution is -0.137. The number of rotatable bonds is 12. The number of sulfone groups is 1. The van der Waals surface area contributed by atoms with Gasteiger partial charge in [-0.1, -0.05) is 45.1 Å². The van der Waals surface area contributed by atoms with Gasteiger partial charge >= 0.3 is 6.18 Å². The van der Waals surface area contributed by atoms with Crippen LogP contribution in [0.3, 0.4) is 0 Å². The molecule has 2 N–H and O–H groups in total. The van der Waals surface area contributed by atoms with Gasteiger partial charge in [-0.25, -0.2) is 13.9 Å². The first-order chi connectivity index (χ1) is 17.6. The normalized spacial score (nSPS) is 12.0. The molecule has 0 fully saturated rings. The molecule has 37 heavy (non-hydrogen) atoms. The van der Waals surface area contributed by atoms with Crippen LogP contribution in [-0.2, 0) is 16.0 Å². The Hall–Kier alpha value is -3.25. The van der Waals surface area contributed by atoms with Crippen molar-refractivity contribution in [3.05, 3.63) is 60.0 Å². The number of benzene rings is 1. The summed E-state index contributed by atoms with van der Waals surface area (Å²) in [5, 5.41) is 9.40. The molecule has 3 rings (SSSR count). The van der Waals surface area contributed by atoms with Gasteiger partial charge in [-0.2, -0.15) is 13.2 Å². The highest BCUT2D eigenvalue weighted by atomic mass is 32.2. The van der Waals surface area contributed by atoms with E-state index in [1.807, 2.05) is 0 Å². The predicted octanol–water partition coefficient (Wildman–Crippen LogP) is 5.64. The molecule has 0 bridgehead atoms. The standard InChI is InChI=1S/C25H29F3N4O4S/c1-2-3-4-5-6-7-13-37(35,36)17-32(19-9-8-12-29-15-19)23-20-11-10-18(25(26,27)28)14-22(20)30-16-21(23)24(33)31-34/h8-12,14-16,34H,2-7,13,17H2,1H3,(H,31,33). The number of amides is 1. The van der Waals surface area contributed by atoms with Gasteiger partial charge in [0.05, 0.1) is 40.0 Å². The van der Waals surface area contributed by atoms with Crippen molar-refractivity contribution in [1.29, 1.82) is 0 Å². The third-order valence-electron chi connectivity index (χ3n) is 5.88. The van der Waals surface area contributed by atoms with Gasteiger partial charge in [0.2, 0.25) is 0 Å². The molecule has 8 nitrogen and oxygen atoms in total. The Balaban J connectivity index is 2.09. The smallest absolute Gasteiger partial charge is 0.324 e. The molecule has 0 aliphatic heterocycles. The van der Waals surface area contributed by atoms with Gasteiger partial charge < -0.3 is 4.90 Å². The van der Waals surface area contributed by atoms with Crippen molar-refractivity contribution in [3.63, 3.8) is 0 Å². The maximum atomic E-state index is 13.3. The van der Waals surface area contributed by atoms with Crippen LogP contribution in [-0.4, -0.2) is 41.1 Å². The van der Waals surface area contributed by atoms with E-state index in [0.29, 0.717) is 12.1 Å². The number of anilines is 2. The van der Waals surface area contributed by atoms with Crippen molar-refractivity contribution < 1.29 is 31.6 Å². The molecule has 0 saturated carbocycles. The zero-order valence-corrected chi connectivity index (χ0v) is 21.1. The number of pyridine rings is 2. The molecular weight excluding hydrogens is 509 g/mol. The van der Waals surface area contributed by atoms with Crippen molar-refractivity contribution in [1.82, 2.24) is 15.4 Å². The van der Waals surface area contributed by atoms with Crippen LogP contribution in [0, 0.1) is 0 Å². The number of fused-ring (bicyclic) bond motifs is 1. The minimum absolute atomic E-state index is 0.00945. The van der Waals surface area contributed by atoms with Crippen LogP contribution in [0.15, 0.2) is 48.9 Å². The zero-order valence-electron chi connectivity index (χ0n) is 20.3. The number of alkyl halides is 3. The first kappa shape index (κ1) is 28.3. The second-order valence-corrected chi connectivity index (χ2v) is 10.8. The molecule has 0 aliphatic rings. The molecule has 2 heterocycles. The molecule has 0 aliphatic carbocycles. The van der Waals surface area contributed by atoms with E-state index < -0.39 is 33.4 Å².